The Bertz CT molecular complexity index is 752. The van der Waals surface area contributed by atoms with E-state index < -0.39 is 0 Å². The smallest absolute Gasteiger partial charge is 0.142 e. The van der Waals surface area contributed by atoms with Crippen LogP contribution in [0.5, 0.6) is 0 Å². The summed E-state index contributed by atoms with van der Waals surface area (Å²) in [6.45, 7) is 3.41. The average molecular weight is 381 g/mol. The van der Waals surface area contributed by atoms with E-state index >= 15 is 0 Å². The summed E-state index contributed by atoms with van der Waals surface area (Å²) in [5.74, 6) is 4.92. The number of carbonyl (C=O) groups is 1. The number of ether oxygens (including phenoxy) is 1. The van der Waals surface area contributed by atoms with E-state index in [4.69, 9.17) is 9.72 Å². The highest BCUT2D eigenvalue weighted by molar-refractivity contribution is 5.91. The number of aromatic nitrogens is 1. The first-order valence-corrected chi connectivity index (χ1v) is 11.5. The molecule has 1 saturated heterocycles. The number of carbonyl (C=O) groups excluding carboxylic acids is 1. The van der Waals surface area contributed by atoms with Gasteiger partial charge in [-0.1, -0.05) is 25.3 Å². The SMILES string of the molecule is O=C(C1CC1c1ccc(N2CCOCC2)nc1)C12CC3CCCC(C1)C(C3)C2. The van der Waals surface area contributed by atoms with Crippen LogP contribution in [0.3, 0.4) is 0 Å². The van der Waals surface area contributed by atoms with Gasteiger partial charge < -0.3 is 9.64 Å². The first kappa shape index (κ1) is 17.4. The lowest BCUT2D eigenvalue weighted by atomic mass is 9.66. The number of ketones is 1. The topological polar surface area (TPSA) is 42.4 Å². The third-order valence-electron chi connectivity index (χ3n) is 8.66. The fraction of sp³-hybridized carbons (Fsp3) is 0.750. The minimum atomic E-state index is 0.0548. The largest absolute Gasteiger partial charge is 0.378 e. The van der Waals surface area contributed by atoms with Crippen LogP contribution >= 0.6 is 0 Å². The van der Waals surface area contributed by atoms with Gasteiger partial charge in [0.1, 0.15) is 11.6 Å². The fourth-order valence-corrected chi connectivity index (χ4v) is 7.30. The predicted octanol–water partition coefficient (Wildman–Crippen LogP) is 4.20. The number of morpholine rings is 1. The lowest BCUT2D eigenvalue weighted by Crippen LogP contribution is -2.36. The number of nitrogens with zero attached hydrogens (tertiary/aromatic N) is 2. The van der Waals surface area contributed by atoms with Crippen molar-refractivity contribution in [3.05, 3.63) is 23.9 Å². The minimum Gasteiger partial charge on any atom is -0.378 e. The van der Waals surface area contributed by atoms with Crippen molar-refractivity contribution in [2.75, 3.05) is 31.2 Å². The maximum Gasteiger partial charge on any atom is 0.142 e. The van der Waals surface area contributed by atoms with Crippen molar-refractivity contribution < 1.29 is 9.53 Å². The molecule has 6 unspecified atom stereocenters. The van der Waals surface area contributed by atoms with Gasteiger partial charge in [0.2, 0.25) is 0 Å². The molecule has 4 heteroatoms. The Labute approximate surface area is 168 Å². The molecule has 0 spiro atoms. The van der Waals surface area contributed by atoms with E-state index in [-0.39, 0.29) is 11.3 Å². The van der Waals surface area contributed by atoms with Gasteiger partial charge in [-0.05, 0) is 67.4 Å². The zero-order valence-corrected chi connectivity index (χ0v) is 16.8. The molecule has 0 N–H and O–H groups in total. The van der Waals surface area contributed by atoms with E-state index in [0.717, 1.165) is 56.3 Å². The quantitative estimate of drug-likeness (QED) is 0.785. The van der Waals surface area contributed by atoms with Gasteiger partial charge in [0.15, 0.2) is 0 Å². The van der Waals surface area contributed by atoms with E-state index in [1.165, 1.54) is 50.5 Å². The summed E-state index contributed by atoms with van der Waals surface area (Å²) < 4.78 is 5.43. The monoisotopic (exact) mass is 380 g/mol. The van der Waals surface area contributed by atoms with Crippen molar-refractivity contribution in [2.24, 2.45) is 29.1 Å². The molecular weight excluding hydrogens is 348 g/mol. The van der Waals surface area contributed by atoms with Crippen molar-refractivity contribution in [1.82, 2.24) is 4.98 Å². The maximum atomic E-state index is 13.6. The third kappa shape index (κ3) is 2.82. The Hall–Kier alpha value is -1.42. The number of hydrogen-bond donors (Lipinski definition) is 0. The highest BCUT2D eigenvalue weighted by Crippen LogP contribution is 2.64. The molecule has 1 aromatic rings. The molecule has 0 amide bonds. The van der Waals surface area contributed by atoms with Crippen LogP contribution < -0.4 is 4.90 Å². The number of anilines is 1. The van der Waals surface area contributed by atoms with Crippen molar-refractivity contribution in [3.8, 4) is 0 Å². The lowest BCUT2D eigenvalue weighted by molar-refractivity contribution is -0.132. The van der Waals surface area contributed by atoms with Crippen LogP contribution in [0.4, 0.5) is 5.82 Å². The molecule has 0 aromatic carbocycles. The Kier molecular flexibility index (Phi) is 4.08. The van der Waals surface area contributed by atoms with Gasteiger partial charge in [-0.25, -0.2) is 4.98 Å². The molecule has 4 aliphatic carbocycles. The summed E-state index contributed by atoms with van der Waals surface area (Å²) in [5, 5.41) is 0. The maximum absolute atomic E-state index is 13.6. The van der Waals surface area contributed by atoms with Gasteiger partial charge in [-0.15, -0.1) is 0 Å². The number of Topliss-reactive ketones (excluding diaryl/α,β-unsaturated/α-hetero) is 1. The van der Waals surface area contributed by atoms with Gasteiger partial charge in [0, 0.05) is 30.6 Å². The normalized spacial score (nSPS) is 41.7. The molecule has 2 heterocycles. The summed E-state index contributed by atoms with van der Waals surface area (Å²) in [6.07, 6.45) is 12.3. The molecule has 4 nitrogen and oxygen atoms in total. The molecule has 5 aliphatic rings. The van der Waals surface area contributed by atoms with Gasteiger partial charge in [0.25, 0.3) is 0 Å². The molecule has 28 heavy (non-hydrogen) atoms. The highest BCUT2D eigenvalue weighted by Gasteiger charge is 2.59. The molecule has 1 aliphatic heterocycles. The fourth-order valence-electron chi connectivity index (χ4n) is 7.30. The number of pyridine rings is 1. The molecule has 0 radical (unpaired) electrons. The summed E-state index contributed by atoms with van der Waals surface area (Å²) >= 11 is 0. The Morgan fingerprint density at radius 1 is 1.07 bits per heavy atom. The van der Waals surface area contributed by atoms with Gasteiger partial charge in [0.05, 0.1) is 13.2 Å². The second-order valence-electron chi connectivity index (χ2n) is 10.3. The van der Waals surface area contributed by atoms with Crippen molar-refractivity contribution in [1.29, 1.82) is 0 Å². The molecule has 4 saturated carbocycles. The van der Waals surface area contributed by atoms with Crippen LogP contribution in [0.15, 0.2) is 18.3 Å². The Morgan fingerprint density at radius 3 is 2.75 bits per heavy atom. The first-order chi connectivity index (χ1) is 13.7. The summed E-state index contributed by atoms with van der Waals surface area (Å²) in [7, 11) is 0. The van der Waals surface area contributed by atoms with Crippen LogP contribution in [-0.4, -0.2) is 37.1 Å². The van der Waals surface area contributed by atoms with E-state index in [1.807, 2.05) is 6.20 Å². The highest BCUT2D eigenvalue weighted by atomic mass is 16.5. The second-order valence-corrected chi connectivity index (χ2v) is 10.3. The summed E-state index contributed by atoms with van der Waals surface area (Å²) in [4.78, 5) is 20.6. The molecule has 6 rings (SSSR count). The second kappa shape index (κ2) is 6.55. The van der Waals surface area contributed by atoms with E-state index in [0.29, 0.717) is 11.7 Å². The van der Waals surface area contributed by atoms with E-state index in [9.17, 15) is 4.79 Å². The third-order valence-corrected chi connectivity index (χ3v) is 8.66. The molecule has 150 valence electrons. The van der Waals surface area contributed by atoms with Crippen molar-refractivity contribution >= 4 is 11.6 Å². The number of fused-ring (bicyclic) bond motifs is 2. The van der Waals surface area contributed by atoms with E-state index in [2.05, 4.69) is 17.0 Å². The zero-order valence-electron chi connectivity index (χ0n) is 16.8. The van der Waals surface area contributed by atoms with Crippen LogP contribution in [0.1, 0.15) is 62.8 Å². The van der Waals surface area contributed by atoms with Crippen LogP contribution in [-0.2, 0) is 9.53 Å². The Morgan fingerprint density at radius 2 is 1.93 bits per heavy atom. The van der Waals surface area contributed by atoms with Crippen LogP contribution in [0.2, 0.25) is 0 Å². The number of hydrogen-bond acceptors (Lipinski definition) is 4. The van der Waals surface area contributed by atoms with Crippen LogP contribution in [0.25, 0.3) is 0 Å². The van der Waals surface area contributed by atoms with Gasteiger partial charge >= 0.3 is 0 Å². The Balaban J connectivity index is 1.15. The lowest BCUT2D eigenvalue weighted by Gasteiger charge is -2.37. The van der Waals surface area contributed by atoms with Crippen LogP contribution in [0, 0.1) is 29.1 Å². The predicted molar refractivity (Wildman–Crippen MR) is 108 cm³/mol. The molecule has 6 atom stereocenters. The molecule has 3 bridgehead atoms. The molecular formula is C24H32N2O2. The number of rotatable bonds is 4. The summed E-state index contributed by atoms with van der Waals surface area (Å²) in [5.41, 5.74) is 1.33. The molecule has 5 fully saturated rings. The average Bonchev–Trinajstić information content (AvgIpc) is 3.50. The standard InChI is InChI=1S/C24H32N2O2/c27-23(24-12-16-2-1-3-17(13-24)19(10-16)14-24)21-11-20(21)18-4-5-22(25-15-18)26-6-8-28-9-7-26/h4-5,15-17,19-21H,1-3,6-14H2. The van der Waals surface area contributed by atoms with Gasteiger partial charge in [-0.3, -0.25) is 4.79 Å². The van der Waals surface area contributed by atoms with Crippen molar-refractivity contribution in [3.63, 3.8) is 0 Å². The zero-order chi connectivity index (χ0) is 18.7. The van der Waals surface area contributed by atoms with E-state index in [1.54, 1.807) is 0 Å². The minimum absolute atomic E-state index is 0.0548. The summed E-state index contributed by atoms with van der Waals surface area (Å²) in [6, 6.07) is 4.37. The molecule has 1 aromatic heterocycles. The van der Waals surface area contributed by atoms with Crippen molar-refractivity contribution in [2.45, 2.75) is 57.3 Å². The van der Waals surface area contributed by atoms with Gasteiger partial charge in [-0.2, -0.15) is 0 Å². The first-order valence-electron chi connectivity index (χ1n) is 11.5.